The number of hydrogen-bond acceptors (Lipinski definition) is 3. The van der Waals surface area contributed by atoms with Crippen molar-refractivity contribution in [2.45, 2.75) is 6.54 Å². The molecular weight excluding hydrogens is 436 g/mol. The first-order valence-corrected chi connectivity index (χ1v) is 11.4. The molecule has 3 aromatic carbocycles. The molecule has 4 rings (SSSR count). The Bertz CT molecular complexity index is 1100. The van der Waals surface area contributed by atoms with E-state index in [1.54, 1.807) is 17.0 Å². The van der Waals surface area contributed by atoms with Crippen LogP contribution < -0.4 is 0 Å². The highest BCUT2D eigenvalue weighted by Crippen LogP contribution is 2.14. The summed E-state index contributed by atoms with van der Waals surface area (Å²) in [5, 5.41) is 0. The predicted molar refractivity (Wildman–Crippen MR) is 126 cm³/mol. The molecule has 34 heavy (non-hydrogen) atoms. The third kappa shape index (κ3) is 6.05. The lowest BCUT2D eigenvalue weighted by molar-refractivity contribution is 0.0598. The number of carbonyl (C=O) groups excluding carboxylic acids is 2. The van der Waals surface area contributed by atoms with Crippen LogP contribution in [0.25, 0.3) is 0 Å². The maximum atomic E-state index is 13.3. The standard InChI is InChI=1S/C27H27F2N3O2/c28-24-10-6-21(7-11-24)20-32(27(34)23-8-12-25(29)13-9-23)19-16-30-14-17-31(18-15-30)26(33)22-4-2-1-3-5-22/h1-13H,14-20H2. The van der Waals surface area contributed by atoms with E-state index in [1.165, 1.54) is 36.4 Å². The summed E-state index contributed by atoms with van der Waals surface area (Å²) in [5.74, 6) is -0.903. The lowest BCUT2D eigenvalue weighted by Crippen LogP contribution is -2.50. The highest BCUT2D eigenvalue weighted by Gasteiger charge is 2.23. The molecule has 3 aromatic rings. The molecule has 1 fully saturated rings. The van der Waals surface area contributed by atoms with E-state index in [2.05, 4.69) is 4.90 Å². The molecule has 0 spiro atoms. The first kappa shape index (κ1) is 23.6. The quantitative estimate of drug-likeness (QED) is 0.531. The number of amides is 2. The van der Waals surface area contributed by atoms with Crippen LogP contribution in [0.3, 0.4) is 0 Å². The third-order valence-electron chi connectivity index (χ3n) is 6.03. The molecule has 1 aliphatic rings. The maximum absolute atomic E-state index is 13.3. The van der Waals surface area contributed by atoms with Gasteiger partial charge in [0, 0.05) is 56.9 Å². The van der Waals surface area contributed by atoms with Crippen LogP contribution >= 0.6 is 0 Å². The molecule has 0 aliphatic carbocycles. The van der Waals surface area contributed by atoms with Crippen molar-refractivity contribution < 1.29 is 18.4 Å². The molecule has 1 saturated heterocycles. The van der Waals surface area contributed by atoms with Crippen LogP contribution in [0.1, 0.15) is 26.3 Å². The van der Waals surface area contributed by atoms with Crippen molar-refractivity contribution in [2.75, 3.05) is 39.3 Å². The molecule has 5 nitrogen and oxygen atoms in total. The average Bonchev–Trinajstić information content (AvgIpc) is 2.88. The minimum absolute atomic E-state index is 0.0321. The zero-order chi connectivity index (χ0) is 23.9. The molecule has 0 atom stereocenters. The van der Waals surface area contributed by atoms with Gasteiger partial charge in [-0.25, -0.2) is 8.78 Å². The Morgan fingerprint density at radius 1 is 0.735 bits per heavy atom. The minimum Gasteiger partial charge on any atom is -0.336 e. The fourth-order valence-electron chi connectivity index (χ4n) is 4.04. The Hall–Kier alpha value is -3.58. The lowest BCUT2D eigenvalue weighted by Gasteiger charge is -2.36. The van der Waals surface area contributed by atoms with Crippen LogP contribution in [0.2, 0.25) is 0 Å². The first-order chi connectivity index (χ1) is 16.5. The Kier molecular flexibility index (Phi) is 7.65. The summed E-state index contributed by atoms with van der Waals surface area (Å²) in [6.07, 6.45) is 0. The van der Waals surface area contributed by atoms with Crippen LogP contribution in [0.4, 0.5) is 8.78 Å². The van der Waals surface area contributed by atoms with Gasteiger partial charge >= 0.3 is 0 Å². The maximum Gasteiger partial charge on any atom is 0.254 e. The van der Waals surface area contributed by atoms with Gasteiger partial charge in [0.2, 0.25) is 0 Å². The van der Waals surface area contributed by atoms with E-state index in [1.807, 2.05) is 35.2 Å². The molecular formula is C27H27F2N3O2. The van der Waals surface area contributed by atoms with E-state index < -0.39 is 5.82 Å². The van der Waals surface area contributed by atoms with Gasteiger partial charge in [0.25, 0.3) is 11.8 Å². The number of piperazine rings is 1. The van der Waals surface area contributed by atoms with E-state index in [0.29, 0.717) is 56.9 Å². The van der Waals surface area contributed by atoms with E-state index in [-0.39, 0.29) is 17.6 Å². The van der Waals surface area contributed by atoms with E-state index in [9.17, 15) is 18.4 Å². The van der Waals surface area contributed by atoms with Crippen molar-refractivity contribution in [3.63, 3.8) is 0 Å². The predicted octanol–water partition coefficient (Wildman–Crippen LogP) is 4.07. The Balaban J connectivity index is 1.37. The van der Waals surface area contributed by atoms with Crippen molar-refractivity contribution in [1.29, 1.82) is 0 Å². The lowest BCUT2D eigenvalue weighted by atomic mass is 10.1. The highest BCUT2D eigenvalue weighted by atomic mass is 19.1. The fourth-order valence-corrected chi connectivity index (χ4v) is 4.04. The molecule has 2 amide bonds. The van der Waals surface area contributed by atoms with Crippen LogP contribution in [0.5, 0.6) is 0 Å². The summed E-state index contributed by atoms with van der Waals surface area (Å²) in [6, 6.07) is 20.8. The number of carbonyl (C=O) groups is 2. The second-order valence-corrected chi connectivity index (χ2v) is 8.36. The summed E-state index contributed by atoms with van der Waals surface area (Å²) < 4.78 is 26.7. The van der Waals surface area contributed by atoms with Crippen molar-refractivity contribution in [3.05, 3.63) is 107 Å². The Labute approximate surface area is 198 Å². The van der Waals surface area contributed by atoms with Gasteiger partial charge in [0.1, 0.15) is 11.6 Å². The zero-order valence-electron chi connectivity index (χ0n) is 18.9. The number of nitrogens with zero attached hydrogens (tertiary/aromatic N) is 3. The summed E-state index contributed by atoms with van der Waals surface area (Å²) in [7, 11) is 0. The average molecular weight is 464 g/mol. The minimum atomic E-state index is -0.399. The topological polar surface area (TPSA) is 43.9 Å². The van der Waals surface area contributed by atoms with Gasteiger partial charge in [0.05, 0.1) is 0 Å². The molecule has 7 heteroatoms. The molecule has 176 valence electrons. The molecule has 0 unspecified atom stereocenters. The molecule has 0 N–H and O–H groups in total. The largest absolute Gasteiger partial charge is 0.336 e. The second kappa shape index (κ2) is 11.0. The van der Waals surface area contributed by atoms with Crippen molar-refractivity contribution >= 4 is 11.8 Å². The van der Waals surface area contributed by atoms with Crippen molar-refractivity contribution in [3.8, 4) is 0 Å². The van der Waals surface area contributed by atoms with Crippen LogP contribution in [0, 0.1) is 11.6 Å². The van der Waals surface area contributed by atoms with Crippen molar-refractivity contribution in [1.82, 2.24) is 14.7 Å². The number of hydrogen-bond donors (Lipinski definition) is 0. The summed E-state index contributed by atoms with van der Waals surface area (Å²) in [5.41, 5.74) is 1.91. The third-order valence-corrected chi connectivity index (χ3v) is 6.03. The van der Waals surface area contributed by atoms with Gasteiger partial charge < -0.3 is 9.80 Å². The van der Waals surface area contributed by atoms with Crippen LogP contribution in [0.15, 0.2) is 78.9 Å². The van der Waals surface area contributed by atoms with Crippen LogP contribution in [-0.2, 0) is 6.54 Å². The van der Waals surface area contributed by atoms with E-state index in [4.69, 9.17) is 0 Å². The van der Waals surface area contributed by atoms with Gasteiger partial charge in [-0.2, -0.15) is 0 Å². The molecule has 1 aliphatic heterocycles. The smallest absolute Gasteiger partial charge is 0.254 e. The molecule has 0 saturated carbocycles. The molecule has 1 heterocycles. The summed E-state index contributed by atoms with van der Waals surface area (Å²) >= 11 is 0. The molecule has 0 bridgehead atoms. The Morgan fingerprint density at radius 3 is 1.94 bits per heavy atom. The number of rotatable bonds is 7. The number of benzene rings is 3. The SMILES string of the molecule is O=C(c1ccccc1)N1CCN(CCN(Cc2ccc(F)cc2)C(=O)c2ccc(F)cc2)CC1. The zero-order valence-corrected chi connectivity index (χ0v) is 18.9. The van der Waals surface area contributed by atoms with Gasteiger partial charge in [0.15, 0.2) is 0 Å². The van der Waals surface area contributed by atoms with E-state index >= 15 is 0 Å². The van der Waals surface area contributed by atoms with Gasteiger partial charge in [-0.3, -0.25) is 14.5 Å². The molecule has 0 aromatic heterocycles. The highest BCUT2D eigenvalue weighted by molar-refractivity contribution is 5.94. The van der Waals surface area contributed by atoms with Crippen molar-refractivity contribution in [2.24, 2.45) is 0 Å². The molecule has 0 radical (unpaired) electrons. The van der Waals surface area contributed by atoms with Gasteiger partial charge in [-0.15, -0.1) is 0 Å². The summed E-state index contributed by atoms with van der Waals surface area (Å²) in [6.45, 7) is 4.10. The summed E-state index contributed by atoms with van der Waals surface area (Å²) in [4.78, 5) is 31.6. The monoisotopic (exact) mass is 463 g/mol. The normalized spacial score (nSPS) is 14.1. The number of halogens is 2. The first-order valence-electron chi connectivity index (χ1n) is 11.4. The van der Waals surface area contributed by atoms with Gasteiger partial charge in [-0.1, -0.05) is 30.3 Å². The van der Waals surface area contributed by atoms with Gasteiger partial charge in [-0.05, 0) is 54.1 Å². The Morgan fingerprint density at radius 2 is 1.32 bits per heavy atom. The van der Waals surface area contributed by atoms with E-state index in [0.717, 1.165) is 5.56 Å². The fraction of sp³-hybridized carbons (Fsp3) is 0.259. The second-order valence-electron chi connectivity index (χ2n) is 8.36. The van der Waals surface area contributed by atoms with Crippen LogP contribution in [-0.4, -0.2) is 65.8 Å².